The molecule has 5 aliphatic rings. The zero-order chi connectivity index (χ0) is 34.7. The summed E-state index contributed by atoms with van der Waals surface area (Å²) < 4.78 is 19.6. The number of allylic oxidation sites excluding steroid dienone is 2. The first-order valence-corrected chi connectivity index (χ1v) is 16.5. The number of nitrogens with two attached hydrogens (primary N) is 1. The van der Waals surface area contributed by atoms with Crippen molar-refractivity contribution in [2.45, 2.75) is 76.5 Å². The highest BCUT2D eigenvalue weighted by Crippen LogP contribution is 2.62. The minimum Gasteiger partial charge on any atom is -0.423 e. The lowest BCUT2D eigenvalue weighted by Gasteiger charge is -2.62. The van der Waals surface area contributed by atoms with Crippen LogP contribution in [-0.2, 0) is 25.5 Å². The van der Waals surface area contributed by atoms with Gasteiger partial charge in [-0.15, -0.1) is 0 Å². The van der Waals surface area contributed by atoms with Crippen molar-refractivity contribution >= 4 is 29.7 Å². The smallest absolute Gasteiger partial charge is 0.343 e. The van der Waals surface area contributed by atoms with E-state index in [-0.39, 0.29) is 30.3 Å². The van der Waals surface area contributed by atoms with E-state index in [1.807, 2.05) is 17.7 Å². The Morgan fingerprint density at radius 2 is 1.90 bits per heavy atom. The van der Waals surface area contributed by atoms with Gasteiger partial charge in [0.2, 0.25) is 11.9 Å². The lowest BCUT2D eigenvalue weighted by molar-refractivity contribution is -0.329. The quantitative estimate of drug-likeness (QED) is 0.175. The Hall–Kier alpha value is -3.83. The number of aromatic nitrogens is 4. The predicted molar refractivity (Wildman–Crippen MR) is 173 cm³/mol. The number of aliphatic hydroxyl groups excluding tert-OH is 5. The number of carbonyl (C=O) groups excluding carboxylic acids is 1. The van der Waals surface area contributed by atoms with Gasteiger partial charge in [0.1, 0.15) is 30.2 Å². The highest BCUT2D eigenvalue weighted by atomic mass is 16.7. The molecule has 0 aromatic carbocycles. The van der Waals surface area contributed by atoms with Crippen LogP contribution in [0.5, 0.6) is 0 Å². The van der Waals surface area contributed by atoms with Crippen LogP contribution >= 0.6 is 0 Å². The topological polar surface area (TPSA) is 228 Å². The molecule has 49 heavy (non-hydrogen) atoms. The van der Waals surface area contributed by atoms with Crippen LogP contribution in [0.4, 0.5) is 11.9 Å². The number of aliphatic hydroxyl groups is 5. The first-order chi connectivity index (χ1) is 23.4. The second-order valence-corrected chi connectivity index (χ2v) is 14.2. The van der Waals surface area contributed by atoms with Crippen LogP contribution in [0.15, 0.2) is 59.3 Å². The summed E-state index contributed by atoms with van der Waals surface area (Å²) in [5.41, 5.74) is 6.29. The van der Waals surface area contributed by atoms with Gasteiger partial charge in [0.05, 0.1) is 24.9 Å². The fourth-order valence-corrected chi connectivity index (χ4v) is 8.58. The number of nitrogen functional groups attached to an aromatic ring is 1. The van der Waals surface area contributed by atoms with Crippen molar-refractivity contribution in [1.29, 1.82) is 0 Å². The number of carbonyl (C=O) groups is 1. The van der Waals surface area contributed by atoms with Crippen molar-refractivity contribution in [3.8, 4) is 0 Å². The van der Waals surface area contributed by atoms with Gasteiger partial charge < -0.3 is 50.0 Å². The van der Waals surface area contributed by atoms with Crippen LogP contribution in [0.25, 0.3) is 6.08 Å². The predicted octanol–water partition coefficient (Wildman–Crippen LogP) is 0.658. The molecule has 11 atom stereocenters. The molecule has 3 fully saturated rings. The third-order valence-electron chi connectivity index (χ3n) is 11.4. The van der Waals surface area contributed by atoms with Crippen molar-refractivity contribution < 1.29 is 44.5 Å². The Bertz CT molecular complexity index is 1710. The number of fused-ring (bicyclic) bond motifs is 3. The van der Waals surface area contributed by atoms with Gasteiger partial charge >= 0.3 is 5.97 Å². The van der Waals surface area contributed by atoms with E-state index >= 15 is 0 Å². The second kappa shape index (κ2) is 12.8. The summed E-state index contributed by atoms with van der Waals surface area (Å²) in [6.45, 7) is 3.98. The molecule has 0 bridgehead atoms. The molecule has 2 aromatic rings. The molecule has 2 aromatic heterocycles. The Balaban J connectivity index is 1.21. The molecule has 0 radical (unpaired) electrons. The van der Waals surface area contributed by atoms with Gasteiger partial charge in [0, 0.05) is 53.9 Å². The monoisotopic (exact) mass is 678 g/mol. The van der Waals surface area contributed by atoms with Crippen LogP contribution in [0.1, 0.15) is 38.7 Å². The van der Waals surface area contributed by atoms with Crippen molar-refractivity contribution in [1.82, 2.24) is 19.5 Å². The molecule has 7 rings (SSSR count). The van der Waals surface area contributed by atoms with Crippen molar-refractivity contribution in [3.05, 3.63) is 59.9 Å². The maximum atomic E-state index is 13.0. The fraction of sp³-hybridized carbons (Fsp3) is 0.559. The van der Waals surface area contributed by atoms with E-state index in [1.165, 1.54) is 12.4 Å². The number of esters is 1. The average Bonchev–Trinajstić information content (AvgIpc) is 3.70. The van der Waals surface area contributed by atoms with Gasteiger partial charge in [-0.25, -0.2) is 24.7 Å². The molecule has 0 amide bonds. The van der Waals surface area contributed by atoms with Gasteiger partial charge in [-0.1, -0.05) is 26.0 Å². The number of hydrogen-bond acceptors (Lipinski definition) is 14. The van der Waals surface area contributed by atoms with Gasteiger partial charge in [0.15, 0.2) is 6.29 Å². The molecule has 8 unspecified atom stereocenters. The van der Waals surface area contributed by atoms with Crippen molar-refractivity contribution in [2.24, 2.45) is 33.6 Å². The Kier molecular flexibility index (Phi) is 8.80. The molecule has 5 heterocycles. The Morgan fingerprint density at radius 3 is 2.63 bits per heavy atom. The van der Waals surface area contributed by atoms with Gasteiger partial charge in [-0.2, -0.15) is 0 Å². The van der Waals surface area contributed by atoms with Gasteiger partial charge in [0.25, 0.3) is 0 Å². The second-order valence-electron chi connectivity index (χ2n) is 14.2. The molecule has 262 valence electrons. The van der Waals surface area contributed by atoms with Gasteiger partial charge in [-0.05, 0) is 48.7 Å². The maximum Gasteiger partial charge on any atom is 0.343 e. The summed E-state index contributed by atoms with van der Waals surface area (Å²) in [7, 11) is 0. The summed E-state index contributed by atoms with van der Waals surface area (Å²) >= 11 is 0. The molecule has 2 aliphatic carbocycles. The summed E-state index contributed by atoms with van der Waals surface area (Å²) in [4.78, 5) is 30.3. The molecular formula is C34H42N6O9. The molecular weight excluding hydrogens is 636 g/mol. The standard InChI is InChI=1S/C34H42N6O9/c1-33-6-5-25(49-30-28(45)27(44)26(43)23(15-41)48-30)34(2,16-42)24(33)11-22-20(14-40-8-7-36-32(40)39-22)21(33)4-3-18-10-19(47-29(18)46)9-17-12-37-31(35)38-13-17/h3-4,7-10,12-13,20-21,23-28,30,41-45H,5-6,11,14-16H2,1-2H3,(H2,35,37,38)/b4-3+,19-9+/t20?,21?,23?,24?,25-,26?,27?,28?,30?,33-,34+/m1/s1. The third-order valence-corrected chi connectivity index (χ3v) is 11.4. The lowest BCUT2D eigenvalue weighted by Crippen LogP contribution is -2.64. The molecule has 2 saturated carbocycles. The van der Waals surface area contributed by atoms with Crippen LogP contribution < -0.4 is 5.73 Å². The van der Waals surface area contributed by atoms with E-state index in [4.69, 9.17) is 24.9 Å². The van der Waals surface area contributed by atoms with Crippen LogP contribution in [0, 0.1) is 28.6 Å². The molecule has 0 spiro atoms. The number of anilines is 1. The van der Waals surface area contributed by atoms with E-state index in [2.05, 4.69) is 28.0 Å². The number of rotatable bonds is 7. The molecule has 15 heteroatoms. The Labute approximate surface area is 282 Å². The maximum absolute atomic E-state index is 13.0. The summed E-state index contributed by atoms with van der Waals surface area (Å²) in [6, 6.07) is 0. The van der Waals surface area contributed by atoms with E-state index < -0.39 is 60.2 Å². The first kappa shape index (κ1) is 33.7. The van der Waals surface area contributed by atoms with Crippen LogP contribution in [0.3, 0.4) is 0 Å². The van der Waals surface area contributed by atoms with Crippen LogP contribution in [0.2, 0.25) is 0 Å². The SMILES string of the molecule is C[C@]12CC[C@@H](OC3OC(CO)C(O)C(O)C3O)[C@@](C)(CO)C1CC1=Nc3nccn3CC1C2/C=C/C1=CC(=C\c2cnc(N)nc2)/OC1=O. The highest BCUT2D eigenvalue weighted by Gasteiger charge is 2.61. The van der Waals surface area contributed by atoms with Gasteiger partial charge in [-0.3, -0.25) is 0 Å². The molecule has 15 nitrogen and oxygen atoms in total. The number of aliphatic imine (C=N–C) groups is 1. The lowest BCUT2D eigenvalue weighted by atomic mass is 9.45. The van der Waals surface area contributed by atoms with E-state index in [9.17, 15) is 30.3 Å². The average molecular weight is 679 g/mol. The zero-order valence-electron chi connectivity index (χ0n) is 27.2. The summed E-state index contributed by atoms with van der Waals surface area (Å²) in [5.74, 6) is 0.318. The van der Waals surface area contributed by atoms with E-state index in [0.29, 0.717) is 48.7 Å². The van der Waals surface area contributed by atoms with Crippen LogP contribution in [-0.4, -0.2) is 107 Å². The van der Waals surface area contributed by atoms with E-state index in [0.717, 1.165) is 5.71 Å². The first-order valence-electron chi connectivity index (χ1n) is 16.5. The largest absolute Gasteiger partial charge is 0.423 e. The Morgan fingerprint density at radius 1 is 1.12 bits per heavy atom. The number of cyclic esters (lactones) is 1. The molecule has 3 aliphatic heterocycles. The zero-order valence-corrected chi connectivity index (χ0v) is 27.2. The highest BCUT2D eigenvalue weighted by molar-refractivity contribution is 5.96. The van der Waals surface area contributed by atoms with E-state index in [1.54, 1.807) is 24.4 Å². The molecule has 7 N–H and O–H groups in total. The molecule has 1 saturated heterocycles. The van der Waals surface area contributed by atoms with Crippen molar-refractivity contribution in [2.75, 3.05) is 18.9 Å². The summed E-state index contributed by atoms with van der Waals surface area (Å²) in [5, 5.41) is 52.2. The number of ether oxygens (including phenoxy) is 3. The fourth-order valence-electron chi connectivity index (χ4n) is 8.58. The van der Waals surface area contributed by atoms with Crippen molar-refractivity contribution in [3.63, 3.8) is 0 Å². The normalized spacial score (nSPS) is 39.6. The minimum absolute atomic E-state index is 0.00924. The minimum atomic E-state index is -1.58. The third kappa shape index (κ3) is 5.82. The summed E-state index contributed by atoms with van der Waals surface area (Å²) in [6.07, 6.45) is 7.90. The number of nitrogens with zero attached hydrogens (tertiary/aromatic N) is 5. The number of imidazole rings is 1. The number of hydrogen-bond donors (Lipinski definition) is 6.